The molecule has 0 saturated carbocycles. The molecule has 3 heterocycles. The molecule has 3 saturated heterocycles. The Kier molecular flexibility index (Phi) is 6.26. The van der Waals surface area contributed by atoms with Crippen LogP contribution >= 0.6 is 23.2 Å². The van der Waals surface area contributed by atoms with Gasteiger partial charge in [-0.1, -0.05) is 102 Å². The van der Waals surface area contributed by atoms with Gasteiger partial charge >= 0.3 is 0 Å². The number of likely N-dealkylation sites (N-methyl/N-ethyl adjacent to an activating group) is 1. The van der Waals surface area contributed by atoms with E-state index < -0.39 is 11.0 Å². The number of fused-ring (bicyclic) bond motifs is 4. The SMILES string of the molecule is CN1C/C(=C\c2ccccc2Cl)C(=O)C2(C1)[C@@H](c1ccccc1Cl)[C@@H]1CCCCN1[C@@]21C(=O)c2cccc3cccc1c23. The molecule has 4 atom stereocenters. The minimum absolute atomic E-state index is 0.0146. The molecule has 4 aliphatic rings. The highest BCUT2D eigenvalue weighted by Gasteiger charge is 2.77. The third-order valence-corrected chi connectivity index (χ3v) is 11.2. The fourth-order valence-electron chi connectivity index (χ4n) is 9.22. The van der Waals surface area contributed by atoms with E-state index in [-0.39, 0.29) is 23.5 Å². The van der Waals surface area contributed by atoms with E-state index in [0.717, 1.165) is 53.3 Å². The molecule has 43 heavy (non-hydrogen) atoms. The summed E-state index contributed by atoms with van der Waals surface area (Å²) in [6.07, 6.45) is 4.88. The summed E-state index contributed by atoms with van der Waals surface area (Å²) in [5.41, 5.74) is 1.85. The van der Waals surface area contributed by atoms with Gasteiger partial charge in [0.1, 0.15) is 5.54 Å². The predicted octanol–water partition coefficient (Wildman–Crippen LogP) is 7.77. The molecule has 2 spiro atoms. The van der Waals surface area contributed by atoms with Gasteiger partial charge in [-0.3, -0.25) is 14.5 Å². The average molecular weight is 608 g/mol. The van der Waals surface area contributed by atoms with Gasteiger partial charge in [-0.15, -0.1) is 0 Å². The molecular formula is C37H32Cl2N2O2. The zero-order chi connectivity index (χ0) is 29.5. The molecule has 0 bridgehead atoms. The second-order valence-electron chi connectivity index (χ2n) is 12.7. The van der Waals surface area contributed by atoms with E-state index in [0.29, 0.717) is 34.3 Å². The first kappa shape index (κ1) is 27.3. The molecule has 1 unspecified atom stereocenters. The van der Waals surface area contributed by atoms with Crippen LogP contribution in [0.25, 0.3) is 16.8 Å². The van der Waals surface area contributed by atoms with Crippen molar-refractivity contribution in [3.8, 4) is 0 Å². The molecule has 216 valence electrons. The van der Waals surface area contributed by atoms with Crippen molar-refractivity contribution in [2.45, 2.75) is 36.8 Å². The van der Waals surface area contributed by atoms with Crippen molar-refractivity contribution in [3.05, 3.63) is 123 Å². The molecule has 0 aromatic heterocycles. The molecular weight excluding hydrogens is 575 g/mol. The first-order valence-corrected chi connectivity index (χ1v) is 15.9. The van der Waals surface area contributed by atoms with E-state index in [9.17, 15) is 0 Å². The second-order valence-corrected chi connectivity index (χ2v) is 13.5. The lowest BCUT2D eigenvalue weighted by Gasteiger charge is -2.52. The maximum atomic E-state index is 15.7. The highest BCUT2D eigenvalue weighted by molar-refractivity contribution is 6.32. The molecule has 8 rings (SSSR count). The number of carbonyl (C=O) groups is 2. The van der Waals surface area contributed by atoms with E-state index >= 15 is 9.59 Å². The van der Waals surface area contributed by atoms with Gasteiger partial charge in [0.15, 0.2) is 11.6 Å². The number of nitrogens with zero attached hydrogens (tertiary/aromatic N) is 2. The number of halogens is 2. The number of ketones is 2. The lowest BCUT2D eigenvalue weighted by molar-refractivity contribution is -0.134. The predicted molar refractivity (Wildman–Crippen MR) is 173 cm³/mol. The molecule has 0 radical (unpaired) electrons. The number of piperidine rings is 2. The van der Waals surface area contributed by atoms with Crippen molar-refractivity contribution in [1.82, 2.24) is 9.80 Å². The number of hydrogen-bond donors (Lipinski definition) is 0. The van der Waals surface area contributed by atoms with Gasteiger partial charge in [0, 0.05) is 46.2 Å². The Bertz CT molecular complexity index is 1860. The minimum atomic E-state index is -1.16. The van der Waals surface area contributed by atoms with Gasteiger partial charge < -0.3 is 4.90 Å². The first-order chi connectivity index (χ1) is 20.9. The summed E-state index contributed by atoms with van der Waals surface area (Å²) in [5, 5.41) is 3.26. The van der Waals surface area contributed by atoms with E-state index in [4.69, 9.17) is 23.2 Å². The van der Waals surface area contributed by atoms with E-state index in [1.807, 2.05) is 60.7 Å². The van der Waals surface area contributed by atoms with Crippen molar-refractivity contribution < 1.29 is 9.59 Å². The maximum Gasteiger partial charge on any atom is 0.189 e. The largest absolute Gasteiger partial charge is 0.301 e. The van der Waals surface area contributed by atoms with Gasteiger partial charge in [-0.25, -0.2) is 0 Å². The van der Waals surface area contributed by atoms with E-state index in [1.54, 1.807) is 0 Å². The maximum absolute atomic E-state index is 15.7. The number of hydrogen-bond acceptors (Lipinski definition) is 4. The van der Waals surface area contributed by atoms with Crippen molar-refractivity contribution in [2.24, 2.45) is 5.41 Å². The van der Waals surface area contributed by atoms with Crippen LogP contribution in [-0.2, 0) is 10.3 Å². The summed E-state index contributed by atoms with van der Waals surface area (Å²) in [6, 6.07) is 27.8. The summed E-state index contributed by atoms with van der Waals surface area (Å²) >= 11 is 13.7. The Labute approximate surface area is 261 Å². The monoisotopic (exact) mass is 606 g/mol. The minimum Gasteiger partial charge on any atom is -0.301 e. The normalized spacial score (nSPS) is 29.8. The Hall–Kier alpha value is -3.28. The standard InChI is InChI=1S/C37H32Cl2N2O2/c1-40-21-25(20-24-10-2-4-16-29(24)38)34(42)36(22-40)33(26-13-3-5-17-30(26)39)31-18-6-7-19-41(31)37(36)28-15-9-12-23-11-8-14-27(32(23)28)35(37)43/h2-5,8-17,20,31,33H,6-7,18-19,21-22H2,1H3/b25-20+/t31-,33-,36?,37-/m0/s1. The van der Waals surface area contributed by atoms with Crippen LogP contribution in [0.5, 0.6) is 0 Å². The number of rotatable bonds is 2. The Balaban J connectivity index is 1.49. The third kappa shape index (κ3) is 3.52. The van der Waals surface area contributed by atoms with Gasteiger partial charge in [0.2, 0.25) is 0 Å². The lowest BCUT2D eigenvalue weighted by Crippen LogP contribution is -2.65. The summed E-state index contributed by atoms with van der Waals surface area (Å²) in [4.78, 5) is 35.7. The molecule has 4 aromatic rings. The number of likely N-dealkylation sites (tertiary alicyclic amines) is 1. The molecule has 4 nitrogen and oxygen atoms in total. The summed E-state index contributed by atoms with van der Waals surface area (Å²) in [6.45, 7) is 1.68. The van der Waals surface area contributed by atoms with Gasteiger partial charge in [-0.05, 0) is 72.1 Å². The third-order valence-electron chi connectivity index (χ3n) is 10.5. The Morgan fingerprint density at radius 2 is 1.58 bits per heavy atom. The van der Waals surface area contributed by atoms with Crippen LogP contribution in [0.4, 0.5) is 0 Å². The fraction of sp³-hybridized carbons (Fsp3) is 0.297. The molecule has 1 aliphatic carbocycles. The fourth-order valence-corrected chi connectivity index (χ4v) is 9.66. The van der Waals surface area contributed by atoms with E-state index in [1.165, 1.54) is 0 Å². The Morgan fingerprint density at radius 3 is 2.37 bits per heavy atom. The summed E-state index contributed by atoms with van der Waals surface area (Å²) in [7, 11) is 2.07. The highest BCUT2D eigenvalue weighted by Crippen LogP contribution is 2.69. The second kappa shape index (κ2) is 9.87. The zero-order valence-corrected chi connectivity index (χ0v) is 25.5. The van der Waals surface area contributed by atoms with Crippen LogP contribution in [0.15, 0.2) is 90.5 Å². The topological polar surface area (TPSA) is 40.6 Å². The summed E-state index contributed by atoms with van der Waals surface area (Å²) < 4.78 is 0. The average Bonchev–Trinajstić information content (AvgIpc) is 3.42. The molecule has 0 amide bonds. The van der Waals surface area contributed by atoms with Crippen LogP contribution in [0.2, 0.25) is 10.0 Å². The van der Waals surface area contributed by atoms with Gasteiger partial charge in [0.05, 0.1) is 5.41 Å². The first-order valence-electron chi connectivity index (χ1n) is 15.2. The van der Waals surface area contributed by atoms with Gasteiger partial charge in [-0.2, -0.15) is 0 Å². The molecule has 4 aromatic carbocycles. The molecule has 3 fully saturated rings. The number of carbonyl (C=O) groups excluding carboxylic acids is 2. The molecule has 3 aliphatic heterocycles. The molecule has 6 heteroatoms. The van der Waals surface area contributed by atoms with Crippen LogP contribution in [0.1, 0.15) is 52.2 Å². The van der Waals surface area contributed by atoms with Gasteiger partial charge in [0.25, 0.3) is 0 Å². The molecule has 0 N–H and O–H groups in total. The number of Topliss-reactive ketones (excluding diaryl/α,β-unsaturated/α-hetero) is 2. The quantitative estimate of drug-likeness (QED) is 0.218. The van der Waals surface area contributed by atoms with Crippen molar-refractivity contribution in [2.75, 3.05) is 26.7 Å². The zero-order valence-electron chi connectivity index (χ0n) is 24.0. The van der Waals surface area contributed by atoms with Crippen LogP contribution in [0.3, 0.4) is 0 Å². The summed E-state index contributed by atoms with van der Waals surface area (Å²) in [5.74, 6) is -0.204. The van der Waals surface area contributed by atoms with Crippen molar-refractivity contribution in [1.29, 1.82) is 0 Å². The van der Waals surface area contributed by atoms with Crippen LogP contribution in [-0.4, -0.2) is 54.1 Å². The van der Waals surface area contributed by atoms with Crippen molar-refractivity contribution >= 4 is 51.6 Å². The highest BCUT2D eigenvalue weighted by atomic mass is 35.5. The van der Waals surface area contributed by atoms with Crippen molar-refractivity contribution in [3.63, 3.8) is 0 Å². The van der Waals surface area contributed by atoms with Crippen LogP contribution in [0, 0.1) is 5.41 Å². The lowest BCUT2D eigenvalue weighted by atomic mass is 9.54. The smallest absolute Gasteiger partial charge is 0.189 e. The van der Waals surface area contributed by atoms with E-state index in [2.05, 4.69) is 47.2 Å². The Morgan fingerprint density at radius 1 is 0.837 bits per heavy atom. The number of benzene rings is 4. The van der Waals surface area contributed by atoms with Crippen LogP contribution < -0.4 is 0 Å².